The molecule has 0 aliphatic rings. The van der Waals surface area contributed by atoms with Crippen molar-refractivity contribution in [2.75, 3.05) is 6.61 Å². The number of aliphatic carboxylic acids is 1. The Hall–Kier alpha value is -0.460. The van der Waals surface area contributed by atoms with E-state index in [1.807, 2.05) is 0 Å². The average Bonchev–Trinajstić information content (AvgIpc) is 1.80. The van der Waals surface area contributed by atoms with Gasteiger partial charge in [-0.2, -0.15) is 0 Å². The fourth-order valence-corrected chi connectivity index (χ4v) is 0.810. The van der Waals surface area contributed by atoms with Crippen molar-refractivity contribution in [2.24, 2.45) is 0 Å². The lowest BCUT2D eigenvalue weighted by atomic mass is 10.3. The van der Waals surface area contributed by atoms with Gasteiger partial charge < -0.3 is 20.0 Å². The summed E-state index contributed by atoms with van der Waals surface area (Å²) in [5, 5.41) is 16.8. The molecule has 0 aromatic heterocycles. The topological polar surface area (TPSA) is 124 Å². The number of rotatable bonds is 5. The largest absolute Gasteiger partial charge is 0.481 e. The Morgan fingerprint density at radius 1 is 1.50 bits per heavy atom. The van der Waals surface area contributed by atoms with E-state index in [0.717, 1.165) is 0 Å². The third-order valence-corrected chi connectivity index (χ3v) is 1.33. The molecule has 0 aliphatic heterocycles. The first-order valence-corrected chi connectivity index (χ1v) is 4.44. The Morgan fingerprint density at radius 2 is 2.00 bits per heavy atom. The molecule has 7 nitrogen and oxygen atoms in total. The van der Waals surface area contributed by atoms with E-state index in [1.54, 1.807) is 0 Å². The number of carboxylic acid groups (broad SMARTS) is 1. The third-order valence-electron chi connectivity index (χ3n) is 0.845. The molecule has 0 radical (unpaired) electrons. The van der Waals surface area contributed by atoms with Crippen LogP contribution in [0, 0.1) is 0 Å². The summed E-state index contributed by atoms with van der Waals surface area (Å²) in [6.45, 7) is -0.698. The Balaban J connectivity index is 3.65. The molecule has 0 heterocycles. The van der Waals surface area contributed by atoms with Crippen LogP contribution in [0.15, 0.2) is 0 Å². The molecule has 0 saturated heterocycles. The lowest BCUT2D eigenvalue weighted by molar-refractivity contribution is -0.139. The van der Waals surface area contributed by atoms with Crippen molar-refractivity contribution in [3.05, 3.63) is 0 Å². The van der Waals surface area contributed by atoms with Gasteiger partial charge in [0.1, 0.15) is 0 Å². The van der Waals surface area contributed by atoms with Gasteiger partial charge in [0.15, 0.2) is 0 Å². The minimum absolute atomic E-state index is 0.611. The number of phosphoric acid groups is 1. The molecule has 1 atom stereocenters. The normalized spacial score (nSPS) is 14.2. The van der Waals surface area contributed by atoms with Crippen LogP contribution in [0.2, 0.25) is 0 Å². The van der Waals surface area contributed by atoms with Gasteiger partial charge in [-0.1, -0.05) is 0 Å². The molecule has 0 amide bonds. The van der Waals surface area contributed by atoms with Crippen LogP contribution in [-0.4, -0.2) is 38.7 Å². The summed E-state index contributed by atoms with van der Waals surface area (Å²) in [6, 6.07) is 0. The Morgan fingerprint density at radius 3 is 2.33 bits per heavy atom. The van der Waals surface area contributed by atoms with E-state index >= 15 is 0 Å². The molecule has 0 aliphatic carbocycles. The first kappa shape index (κ1) is 11.5. The average molecular weight is 200 g/mol. The Bertz CT molecular complexity index is 196. The number of hydrogen-bond donors (Lipinski definition) is 4. The number of phosphoric ester groups is 1. The number of carboxylic acids is 1. The summed E-state index contributed by atoms with van der Waals surface area (Å²) in [4.78, 5) is 26.2. The summed E-state index contributed by atoms with van der Waals surface area (Å²) in [6.07, 6.45) is -2.02. The van der Waals surface area contributed by atoms with Crippen molar-refractivity contribution in [2.45, 2.75) is 12.5 Å². The standard InChI is InChI=1S/C4H9O7P/c5-3(1-4(6)7)2-11-12(8,9)10/h3,5H,1-2H2,(H,6,7)(H2,8,9,10). The van der Waals surface area contributed by atoms with Gasteiger partial charge in [0.05, 0.1) is 19.1 Å². The minimum atomic E-state index is -4.62. The number of carbonyl (C=O) groups is 1. The van der Waals surface area contributed by atoms with E-state index in [9.17, 15) is 9.36 Å². The molecule has 4 N–H and O–H groups in total. The highest BCUT2D eigenvalue weighted by atomic mass is 31.2. The SMILES string of the molecule is O=C(O)CC(O)COP(=O)(O)O. The zero-order valence-electron chi connectivity index (χ0n) is 5.95. The first-order chi connectivity index (χ1) is 5.31. The van der Waals surface area contributed by atoms with Crippen LogP contribution in [-0.2, 0) is 13.9 Å². The zero-order valence-corrected chi connectivity index (χ0v) is 6.85. The van der Waals surface area contributed by atoms with Crippen LogP contribution in [0.25, 0.3) is 0 Å². The quantitative estimate of drug-likeness (QED) is 0.416. The van der Waals surface area contributed by atoms with Gasteiger partial charge in [0.25, 0.3) is 0 Å². The van der Waals surface area contributed by atoms with Crippen LogP contribution in [0.1, 0.15) is 6.42 Å². The van der Waals surface area contributed by atoms with Gasteiger partial charge in [0.2, 0.25) is 0 Å². The molecule has 0 spiro atoms. The highest BCUT2D eigenvalue weighted by molar-refractivity contribution is 7.46. The Kier molecular flexibility index (Phi) is 4.36. The van der Waals surface area contributed by atoms with E-state index in [1.165, 1.54) is 0 Å². The molecule has 72 valence electrons. The molecular weight excluding hydrogens is 191 g/mol. The zero-order chi connectivity index (χ0) is 9.78. The molecule has 0 bridgehead atoms. The summed E-state index contributed by atoms with van der Waals surface area (Å²) in [5.41, 5.74) is 0. The fraction of sp³-hybridized carbons (Fsp3) is 0.750. The third kappa shape index (κ3) is 7.64. The van der Waals surface area contributed by atoms with Gasteiger partial charge in [-0.05, 0) is 0 Å². The van der Waals surface area contributed by atoms with Crippen molar-refractivity contribution in [3.63, 3.8) is 0 Å². The van der Waals surface area contributed by atoms with Crippen molar-refractivity contribution in [1.29, 1.82) is 0 Å². The molecule has 0 saturated carbocycles. The summed E-state index contributed by atoms with van der Waals surface area (Å²) < 4.78 is 13.9. The molecule has 0 fully saturated rings. The monoisotopic (exact) mass is 200 g/mol. The predicted molar refractivity (Wildman–Crippen MR) is 36.3 cm³/mol. The highest BCUT2D eigenvalue weighted by Crippen LogP contribution is 2.35. The summed E-state index contributed by atoms with van der Waals surface area (Å²) in [5.74, 6) is -1.27. The summed E-state index contributed by atoms with van der Waals surface area (Å²) in [7, 11) is -4.62. The van der Waals surface area contributed by atoms with Gasteiger partial charge in [-0.3, -0.25) is 9.32 Å². The maximum absolute atomic E-state index is 10.0. The maximum atomic E-state index is 10.0. The number of aliphatic hydroxyl groups excluding tert-OH is 1. The lowest BCUT2D eigenvalue weighted by Gasteiger charge is -2.08. The fourth-order valence-electron chi connectivity index (χ4n) is 0.444. The lowest BCUT2D eigenvalue weighted by Crippen LogP contribution is -2.18. The van der Waals surface area contributed by atoms with Crippen molar-refractivity contribution in [3.8, 4) is 0 Å². The van der Waals surface area contributed by atoms with Gasteiger partial charge in [0, 0.05) is 0 Å². The van der Waals surface area contributed by atoms with Crippen LogP contribution in [0.5, 0.6) is 0 Å². The second kappa shape index (κ2) is 4.54. The highest BCUT2D eigenvalue weighted by Gasteiger charge is 2.18. The Labute approximate surface area is 67.8 Å². The molecule has 8 heteroatoms. The molecule has 0 rings (SSSR count). The van der Waals surface area contributed by atoms with Gasteiger partial charge in [-0.25, -0.2) is 4.57 Å². The van der Waals surface area contributed by atoms with Crippen LogP contribution < -0.4 is 0 Å². The maximum Gasteiger partial charge on any atom is 0.469 e. The van der Waals surface area contributed by atoms with Crippen molar-refractivity contribution < 1.29 is 33.9 Å². The second-order valence-electron chi connectivity index (χ2n) is 2.04. The van der Waals surface area contributed by atoms with Crippen LogP contribution >= 0.6 is 7.82 Å². The van der Waals surface area contributed by atoms with E-state index in [-0.39, 0.29) is 0 Å². The molecule has 0 aromatic rings. The summed E-state index contributed by atoms with van der Waals surface area (Å²) >= 11 is 0. The minimum Gasteiger partial charge on any atom is -0.481 e. The van der Waals surface area contributed by atoms with E-state index in [2.05, 4.69) is 4.52 Å². The molecular formula is C4H9O7P. The van der Waals surface area contributed by atoms with Crippen molar-refractivity contribution in [1.82, 2.24) is 0 Å². The number of aliphatic hydroxyl groups is 1. The van der Waals surface area contributed by atoms with Crippen LogP contribution in [0.3, 0.4) is 0 Å². The smallest absolute Gasteiger partial charge is 0.469 e. The molecule has 12 heavy (non-hydrogen) atoms. The van der Waals surface area contributed by atoms with E-state index in [4.69, 9.17) is 20.0 Å². The second-order valence-corrected chi connectivity index (χ2v) is 3.28. The number of hydrogen-bond acceptors (Lipinski definition) is 4. The van der Waals surface area contributed by atoms with E-state index < -0.39 is 32.9 Å². The van der Waals surface area contributed by atoms with Crippen molar-refractivity contribution >= 4 is 13.8 Å². The van der Waals surface area contributed by atoms with Crippen LogP contribution in [0.4, 0.5) is 0 Å². The molecule has 0 aromatic carbocycles. The van der Waals surface area contributed by atoms with Gasteiger partial charge >= 0.3 is 13.8 Å². The van der Waals surface area contributed by atoms with E-state index in [0.29, 0.717) is 0 Å². The first-order valence-electron chi connectivity index (χ1n) is 2.91. The predicted octanol–water partition coefficient (Wildman–Crippen LogP) is -1.07. The molecule has 1 unspecified atom stereocenters. The van der Waals surface area contributed by atoms with Gasteiger partial charge in [-0.15, -0.1) is 0 Å².